The number of carbonyl (C=O) groups excluding carboxylic acids is 1. The number of nitrogens with one attached hydrogen (secondary N) is 1. The molecule has 130 valence electrons. The van der Waals surface area contributed by atoms with Gasteiger partial charge < -0.3 is 15.2 Å². The number of nitrogens with zero attached hydrogens (tertiary/aromatic N) is 2. The molecule has 0 aromatic heterocycles. The Balaban J connectivity index is 1.93. The molecule has 26 heavy (non-hydrogen) atoms. The average Bonchev–Trinajstić information content (AvgIpc) is 2.67. The molecular weight excluding hydrogens is 334 g/mol. The van der Waals surface area contributed by atoms with Gasteiger partial charge in [-0.25, -0.2) is 4.79 Å². The van der Waals surface area contributed by atoms with Crippen molar-refractivity contribution in [1.29, 1.82) is 10.5 Å². The van der Waals surface area contributed by atoms with Gasteiger partial charge in [-0.1, -0.05) is 6.07 Å². The number of carboxylic acid groups (broad SMARTS) is 1. The number of ether oxygens (including phenoxy) is 1. The van der Waals surface area contributed by atoms with E-state index >= 15 is 0 Å². The van der Waals surface area contributed by atoms with Gasteiger partial charge in [-0.05, 0) is 42.5 Å². The number of nitriles is 2. The van der Waals surface area contributed by atoms with Crippen molar-refractivity contribution >= 4 is 11.9 Å². The predicted molar refractivity (Wildman–Crippen MR) is 91.3 cm³/mol. The van der Waals surface area contributed by atoms with Crippen molar-refractivity contribution in [3.63, 3.8) is 0 Å². The van der Waals surface area contributed by atoms with Crippen molar-refractivity contribution in [2.45, 2.75) is 12.5 Å². The number of rotatable bonds is 7. The van der Waals surface area contributed by atoms with E-state index in [0.29, 0.717) is 16.9 Å². The van der Waals surface area contributed by atoms with Crippen molar-refractivity contribution in [2.24, 2.45) is 0 Å². The van der Waals surface area contributed by atoms with E-state index in [0.717, 1.165) is 0 Å². The van der Waals surface area contributed by atoms with Gasteiger partial charge in [0.05, 0.1) is 29.9 Å². The smallest absolute Gasteiger partial charge is 0.326 e. The molecule has 0 fully saturated rings. The minimum absolute atomic E-state index is 0.0497. The van der Waals surface area contributed by atoms with Gasteiger partial charge in [-0.2, -0.15) is 10.5 Å². The lowest BCUT2D eigenvalue weighted by Crippen LogP contribution is -2.41. The van der Waals surface area contributed by atoms with Crippen LogP contribution in [0.1, 0.15) is 27.9 Å². The Labute approximate surface area is 150 Å². The molecule has 2 N–H and O–H groups in total. The summed E-state index contributed by atoms with van der Waals surface area (Å²) in [4.78, 5) is 23.5. The van der Waals surface area contributed by atoms with Gasteiger partial charge in [-0.3, -0.25) is 4.79 Å². The molecule has 1 unspecified atom stereocenters. The SMILES string of the molecule is N#Cc1ccc(C(=O)NC(CCOc2cccc(C#N)c2)C(=O)O)cc1. The fraction of sp³-hybridized carbons (Fsp3) is 0.158. The molecule has 1 atom stereocenters. The summed E-state index contributed by atoms with van der Waals surface area (Å²) in [7, 11) is 0. The number of aliphatic carboxylic acids is 1. The Hall–Kier alpha value is -3.84. The summed E-state index contributed by atoms with van der Waals surface area (Å²) < 4.78 is 5.44. The number of carboxylic acids is 1. The summed E-state index contributed by atoms with van der Waals surface area (Å²) in [5.41, 5.74) is 1.11. The maximum Gasteiger partial charge on any atom is 0.326 e. The van der Waals surface area contributed by atoms with Gasteiger partial charge in [-0.15, -0.1) is 0 Å². The molecule has 0 aliphatic carbocycles. The Morgan fingerprint density at radius 1 is 1.08 bits per heavy atom. The minimum Gasteiger partial charge on any atom is -0.493 e. The van der Waals surface area contributed by atoms with Crippen molar-refractivity contribution < 1.29 is 19.4 Å². The van der Waals surface area contributed by atoms with Crippen LogP contribution in [-0.4, -0.2) is 29.6 Å². The summed E-state index contributed by atoms with van der Waals surface area (Å²) in [5, 5.41) is 29.3. The lowest BCUT2D eigenvalue weighted by Gasteiger charge is -2.15. The van der Waals surface area contributed by atoms with Gasteiger partial charge in [0.2, 0.25) is 0 Å². The molecule has 0 saturated carbocycles. The van der Waals surface area contributed by atoms with Crippen LogP contribution in [0.25, 0.3) is 0 Å². The highest BCUT2D eigenvalue weighted by Crippen LogP contribution is 2.13. The molecule has 2 aromatic carbocycles. The first-order chi connectivity index (χ1) is 12.5. The summed E-state index contributed by atoms with van der Waals surface area (Å²) in [6.45, 7) is 0.0551. The van der Waals surface area contributed by atoms with Crippen LogP contribution in [0.4, 0.5) is 0 Å². The summed E-state index contributed by atoms with van der Waals surface area (Å²) in [6.07, 6.45) is 0.0497. The van der Waals surface area contributed by atoms with Crippen LogP contribution in [0.2, 0.25) is 0 Å². The van der Waals surface area contributed by atoms with Crippen molar-refractivity contribution in [3.8, 4) is 17.9 Å². The van der Waals surface area contributed by atoms with Crippen LogP contribution in [0.15, 0.2) is 48.5 Å². The first-order valence-corrected chi connectivity index (χ1v) is 7.70. The molecule has 0 aliphatic heterocycles. The van der Waals surface area contributed by atoms with Crippen molar-refractivity contribution in [3.05, 3.63) is 65.2 Å². The number of carbonyl (C=O) groups is 2. The average molecular weight is 349 g/mol. The highest BCUT2D eigenvalue weighted by Gasteiger charge is 2.20. The zero-order valence-electron chi connectivity index (χ0n) is 13.7. The van der Waals surface area contributed by atoms with E-state index in [2.05, 4.69) is 5.32 Å². The Morgan fingerprint density at radius 2 is 1.77 bits per heavy atom. The zero-order chi connectivity index (χ0) is 18.9. The van der Waals surface area contributed by atoms with Crippen LogP contribution < -0.4 is 10.1 Å². The number of hydrogen-bond acceptors (Lipinski definition) is 5. The van der Waals surface area contributed by atoms with Gasteiger partial charge in [0.25, 0.3) is 5.91 Å². The van der Waals surface area contributed by atoms with Crippen LogP contribution in [0.5, 0.6) is 5.75 Å². The van der Waals surface area contributed by atoms with Gasteiger partial charge in [0.15, 0.2) is 0 Å². The van der Waals surface area contributed by atoms with Crippen LogP contribution in [0, 0.1) is 22.7 Å². The van der Waals surface area contributed by atoms with E-state index < -0.39 is 17.9 Å². The topological polar surface area (TPSA) is 123 Å². The molecule has 0 aliphatic rings. The first kappa shape index (κ1) is 18.5. The van der Waals surface area contributed by atoms with E-state index in [1.165, 1.54) is 24.3 Å². The molecule has 7 nitrogen and oxygen atoms in total. The van der Waals surface area contributed by atoms with Gasteiger partial charge in [0.1, 0.15) is 11.8 Å². The molecule has 0 spiro atoms. The van der Waals surface area contributed by atoms with Crippen molar-refractivity contribution in [2.75, 3.05) is 6.61 Å². The molecular formula is C19H15N3O4. The lowest BCUT2D eigenvalue weighted by atomic mass is 10.1. The summed E-state index contributed by atoms with van der Waals surface area (Å²) in [5.74, 6) is -1.28. The third-order valence-electron chi connectivity index (χ3n) is 3.52. The molecule has 0 saturated heterocycles. The molecule has 2 rings (SSSR count). The number of hydrogen-bond donors (Lipinski definition) is 2. The predicted octanol–water partition coefficient (Wildman–Crippen LogP) is 2.08. The van der Waals surface area contributed by atoms with E-state index in [1.807, 2.05) is 12.1 Å². The fourth-order valence-corrected chi connectivity index (χ4v) is 2.15. The number of amides is 1. The Bertz CT molecular complexity index is 879. The molecule has 7 heteroatoms. The second-order valence-electron chi connectivity index (χ2n) is 5.33. The van der Waals surface area contributed by atoms with E-state index in [4.69, 9.17) is 15.3 Å². The van der Waals surface area contributed by atoms with Gasteiger partial charge >= 0.3 is 5.97 Å². The van der Waals surface area contributed by atoms with E-state index in [9.17, 15) is 14.7 Å². The third-order valence-corrected chi connectivity index (χ3v) is 3.52. The normalized spacial score (nSPS) is 10.8. The largest absolute Gasteiger partial charge is 0.493 e. The summed E-state index contributed by atoms with van der Waals surface area (Å²) >= 11 is 0. The first-order valence-electron chi connectivity index (χ1n) is 7.70. The highest BCUT2D eigenvalue weighted by molar-refractivity contribution is 5.96. The minimum atomic E-state index is -1.18. The highest BCUT2D eigenvalue weighted by atomic mass is 16.5. The maximum atomic E-state index is 12.1. The maximum absolute atomic E-state index is 12.1. The standard InChI is InChI=1S/C19H15N3O4/c20-11-13-4-6-15(7-5-13)18(23)22-17(19(24)25)8-9-26-16-3-1-2-14(10-16)12-21/h1-7,10,17H,8-9H2,(H,22,23)(H,24,25). The zero-order valence-corrected chi connectivity index (χ0v) is 13.7. The van der Waals surface area contributed by atoms with Gasteiger partial charge in [0, 0.05) is 12.0 Å². The Kier molecular flexibility index (Phi) is 6.30. The fourth-order valence-electron chi connectivity index (χ4n) is 2.15. The Morgan fingerprint density at radius 3 is 2.38 bits per heavy atom. The summed E-state index contributed by atoms with van der Waals surface area (Å²) in [6, 6.07) is 15.2. The third kappa shape index (κ3) is 5.08. The lowest BCUT2D eigenvalue weighted by molar-refractivity contribution is -0.139. The van der Waals surface area contributed by atoms with Crippen LogP contribution in [0.3, 0.4) is 0 Å². The van der Waals surface area contributed by atoms with E-state index in [-0.39, 0.29) is 18.6 Å². The molecule has 2 aromatic rings. The van der Waals surface area contributed by atoms with Crippen LogP contribution >= 0.6 is 0 Å². The monoisotopic (exact) mass is 349 g/mol. The molecule has 1 amide bonds. The molecule has 0 radical (unpaired) electrons. The number of benzene rings is 2. The molecule has 0 heterocycles. The molecule has 0 bridgehead atoms. The quantitative estimate of drug-likeness (QED) is 0.789. The van der Waals surface area contributed by atoms with Crippen LogP contribution in [-0.2, 0) is 4.79 Å². The second kappa shape index (κ2) is 8.86. The van der Waals surface area contributed by atoms with Crippen molar-refractivity contribution in [1.82, 2.24) is 5.32 Å². The second-order valence-corrected chi connectivity index (χ2v) is 5.33. The van der Waals surface area contributed by atoms with E-state index in [1.54, 1.807) is 24.3 Å².